The van der Waals surface area contributed by atoms with E-state index >= 15 is 0 Å². The second kappa shape index (κ2) is 7.40. The van der Waals surface area contributed by atoms with Gasteiger partial charge in [0.2, 0.25) is 0 Å². The van der Waals surface area contributed by atoms with E-state index in [0.717, 1.165) is 12.8 Å². The third kappa shape index (κ3) is 3.99. The fourth-order valence-corrected chi connectivity index (χ4v) is 3.36. The maximum absolute atomic E-state index is 12.6. The largest absolute Gasteiger partial charge is 0.497 e. The Morgan fingerprint density at radius 1 is 1.33 bits per heavy atom. The van der Waals surface area contributed by atoms with Gasteiger partial charge in [-0.1, -0.05) is 6.07 Å². The summed E-state index contributed by atoms with van der Waals surface area (Å²) in [5, 5.41) is 0. The summed E-state index contributed by atoms with van der Waals surface area (Å²) in [5.41, 5.74) is -0.262. The predicted octanol–water partition coefficient (Wildman–Crippen LogP) is 1.87. The number of morpholine rings is 1. The number of carbonyl (C=O) groups is 1. The van der Waals surface area contributed by atoms with Gasteiger partial charge in [-0.3, -0.25) is 4.79 Å². The monoisotopic (exact) mass is 335 g/mol. The molecular formula is C18H25NO5. The smallest absolute Gasteiger partial charge is 0.260 e. The van der Waals surface area contributed by atoms with Crippen molar-refractivity contribution in [2.75, 3.05) is 40.0 Å². The standard InChI is InChI=1S/C18H25NO5/c1-14-11-19(13-18(24-14)6-8-22-9-7-18)17(20)12-23-16-5-3-4-15(10-16)21-2/h3-5,10,14H,6-9,11-13H2,1-2H3/t14-/m1/s1. The van der Waals surface area contributed by atoms with Gasteiger partial charge < -0.3 is 23.8 Å². The van der Waals surface area contributed by atoms with E-state index in [-0.39, 0.29) is 24.2 Å². The average Bonchev–Trinajstić information content (AvgIpc) is 2.59. The molecule has 1 amide bonds. The lowest BCUT2D eigenvalue weighted by Gasteiger charge is -2.47. The summed E-state index contributed by atoms with van der Waals surface area (Å²) in [6.07, 6.45) is 1.69. The van der Waals surface area contributed by atoms with Crippen LogP contribution < -0.4 is 9.47 Å². The van der Waals surface area contributed by atoms with Gasteiger partial charge in [0, 0.05) is 38.7 Å². The molecule has 0 N–H and O–H groups in total. The van der Waals surface area contributed by atoms with E-state index < -0.39 is 0 Å². The molecule has 1 aromatic rings. The van der Waals surface area contributed by atoms with Gasteiger partial charge in [-0.15, -0.1) is 0 Å². The number of amides is 1. The Bertz CT molecular complexity index is 570. The molecule has 0 aliphatic carbocycles. The van der Waals surface area contributed by atoms with E-state index in [2.05, 4.69) is 0 Å². The molecular weight excluding hydrogens is 310 g/mol. The number of ether oxygens (including phenoxy) is 4. The summed E-state index contributed by atoms with van der Waals surface area (Å²) < 4.78 is 22.4. The highest BCUT2D eigenvalue weighted by atomic mass is 16.5. The molecule has 0 bridgehead atoms. The van der Waals surface area contributed by atoms with Gasteiger partial charge in [0.15, 0.2) is 6.61 Å². The lowest BCUT2D eigenvalue weighted by atomic mass is 9.91. The zero-order valence-corrected chi connectivity index (χ0v) is 14.3. The van der Waals surface area contributed by atoms with Crippen molar-refractivity contribution < 1.29 is 23.7 Å². The van der Waals surface area contributed by atoms with Gasteiger partial charge >= 0.3 is 0 Å². The van der Waals surface area contributed by atoms with Crippen molar-refractivity contribution in [1.29, 1.82) is 0 Å². The minimum Gasteiger partial charge on any atom is -0.497 e. The predicted molar refractivity (Wildman–Crippen MR) is 88.4 cm³/mol. The zero-order valence-electron chi connectivity index (χ0n) is 14.3. The van der Waals surface area contributed by atoms with Crippen molar-refractivity contribution in [3.63, 3.8) is 0 Å². The first-order valence-corrected chi connectivity index (χ1v) is 8.40. The summed E-state index contributed by atoms with van der Waals surface area (Å²) in [6.45, 7) is 4.63. The average molecular weight is 335 g/mol. The van der Waals surface area contributed by atoms with Gasteiger partial charge in [0.05, 0.1) is 25.4 Å². The number of methoxy groups -OCH3 is 1. The molecule has 1 aromatic carbocycles. The number of hydrogen-bond acceptors (Lipinski definition) is 5. The zero-order chi connectivity index (χ0) is 17.0. The van der Waals surface area contributed by atoms with Crippen molar-refractivity contribution in [3.8, 4) is 11.5 Å². The molecule has 2 heterocycles. The molecule has 24 heavy (non-hydrogen) atoms. The van der Waals surface area contributed by atoms with Crippen molar-refractivity contribution >= 4 is 5.91 Å². The molecule has 6 heteroatoms. The van der Waals surface area contributed by atoms with E-state index in [9.17, 15) is 4.79 Å². The molecule has 1 atom stereocenters. The Labute approximate surface area is 142 Å². The third-order valence-corrected chi connectivity index (χ3v) is 4.57. The van der Waals surface area contributed by atoms with Gasteiger partial charge in [-0.2, -0.15) is 0 Å². The van der Waals surface area contributed by atoms with Crippen molar-refractivity contribution in [1.82, 2.24) is 4.90 Å². The molecule has 2 fully saturated rings. The lowest BCUT2D eigenvalue weighted by Crippen LogP contribution is -2.59. The van der Waals surface area contributed by atoms with E-state index in [1.165, 1.54) is 0 Å². The molecule has 6 nitrogen and oxygen atoms in total. The lowest BCUT2D eigenvalue weighted by molar-refractivity contribution is -0.190. The second-order valence-corrected chi connectivity index (χ2v) is 6.47. The van der Waals surface area contributed by atoms with Crippen LogP contribution in [0.15, 0.2) is 24.3 Å². The molecule has 2 aliphatic rings. The highest BCUT2D eigenvalue weighted by Gasteiger charge is 2.42. The van der Waals surface area contributed by atoms with Crippen LogP contribution in [0.1, 0.15) is 19.8 Å². The molecule has 0 unspecified atom stereocenters. The Kier molecular flexibility index (Phi) is 5.26. The third-order valence-electron chi connectivity index (χ3n) is 4.57. The molecule has 2 aliphatic heterocycles. The molecule has 0 radical (unpaired) electrons. The summed E-state index contributed by atoms with van der Waals surface area (Å²) in [5.74, 6) is 1.32. The maximum Gasteiger partial charge on any atom is 0.260 e. The molecule has 132 valence electrons. The Morgan fingerprint density at radius 3 is 2.83 bits per heavy atom. The quantitative estimate of drug-likeness (QED) is 0.841. The molecule has 3 rings (SSSR count). The number of nitrogens with zero attached hydrogens (tertiary/aromatic N) is 1. The van der Waals surface area contributed by atoms with Gasteiger partial charge in [0.25, 0.3) is 5.91 Å². The maximum atomic E-state index is 12.6. The summed E-state index contributed by atoms with van der Waals surface area (Å²) in [6, 6.07) is 7.27. The number of carbonyl (C=O) groups excluding carboxylic acids is 1. The minimum absolute atomic E-state index is 0.0150. The van der Waals surface area contributed by atoms with Crippen LogP contribution in [0.5, 0.6) is 11.5 Å². The molecule has 0 aromatic heterocycles. The van der Waals surface area contributed by atoms with Crippen LogP contribution in [-0.4, -0.2) is 62.5 Å². The van der Waals surface area contributed by atoms with Crippen LogP contribution in [0, 0.1) is 0 Å². The van der Waals surface area contributed by atoms with E-state index in [0.29, 0.717) is 37.8 Å². The summed E-state index contributed by atoms with van der Waals surface area (Å²) in [7, 11) is 1.60. The Hall–Kier alpha value is -1.79. The highest BCUT2D eigenvalue weighted by Crippen LogP contribution is 2.31. The summed E-state index contributed by atoms with van der Waals surface area (Å²) in [4.78, 5) is 14.4. The molecule has 0 saturated carbocycles. The van der Waals surface area contributed by atoms with E-state index in [1.807, 2.05) is 30.0 Å². The number of hydrogen-bond donors (Lipinski definition) is 0. The van der Waals surface area contributed by atoms with Crippen LogP contribution in [-0.2, 0) is 14.3 Å². The first-order valence-electron chi connectivity index (χ1n) is 8.40. The van der Waals surface area contributed by atoms with E-state index in [1.54, 1.807) is 13.2 Å². The van der Waals surface area contributed by atoms with Gasteiger partial charge in [-0.05, 0) is 19.1 Å². The van der Waals surface area contributed by atoms with Crippen LogP contribution in [0.2, 0.25) is 0 Å². The van der Waals surface area contributed by atoms with Crippen LogP contribution in [0.4, 0.5) is 0 Å². The number of rotatable bonds is 4. The molecule has 1 spiro atoms. The Morgan fingerprint density at radius 2 is 2.08 bits per heavy atom. The fourth-order valence-electron chi connectivity index (χ4n) is 3.36. The first kappa shape index (κ1) is 17.0. The van der Waals surface area contributed by atoms with E-state index in [4.69, 9.17) is 18.9 Å². The minimum atomic E-state index is -0.262. The van der Waals surface area contributed by atoms with Crippen LogP contribution in [0.25, 0.3) is 0 Å². The normalized spacial score (nSPS) is 23.1. The molecule has 2 saturated heterocycles. The fraction of sp³-hybridized carbons (Fsp3) is 0.611. The Balaban J connectivity index is 1.59. The first-order chi connectivity index (χ1) is 11.6. The van der Waals surface area contributed by atoms with Crippen LogP contribution >= 0.6 is 0 Å². The van der Waals surface area contributed by atoms with Crippen molar-refractivity contribution in [2.45, 2.75) is 31.5 Å². The highest BCUT2D eigenvalue weighted by molar-refractivity contribution is 5.78. The topological polar surface area (TPSA) is 57.2 Å². The van der Waals surface area contributed by atoms with Gasteiger partial charge in [0.1, 0.15) is 11.5 Å². The van der Waals surface area contributed by atoms with Crippen molar-refractivity contribution in [2.24, 2.45) is 0 Å². The van der Waals surface area contributed by atoms with Crippen molar-refractivity contribution in [3.05, 3.63) is 24.3 Å². The van der Waals surface area contributed by atoms with Gasteiger partial charge in [-0.25, -0.2) is 0 Å². The van der Waals surface area contributed by atoms with Crippen LogP contribution in [0.3, 0.4) is 0 Å². The summed E-state index contributed by atoms with van der Waals surface area (Å²) >= 11 is 0. The second-order valence-electron chi connectivity index (χ2n) is 6.47. The SMILES string of the molecule is COc1cccc(OCC(=O)N2C[C@@H](C)OC3(CCOCC3)C2)c1. The number of benzene rings is 1.